The second kappa shape index (κ2) is 8.06. The predicted molar refractivity (Wildman–Crippen MR) is 83.9 cm³/mol. The van der Waals surface area contributed by atoms with Crippen molar-refractivity contribution in [3.05, 3.63) is 0 Å². The number of rotatable bonds is 6. The number of likely N-dealkylation sites (N-methyl/N-ethyl adjacent to an activating group) is 1. The average Bonchev–Trinajstić information content (AvgIpc) is 2.71. The number of carbonyl (C=O) groups is 5. The predicted octanol–water partition coefficient (Wildman–Crippen LogP) is -1.74. The normalized spacial score (nSPS) is 25.0. The summed E-state index contributed by atoms with van der Waals surface area (Å²) in [5, 5.41) is 16.4. The molecule has 10 heteroatoms. The Labute approximate surface area is 144 Å². The third kappa shape index (κ3) is 4.13. The molecule has 2 aliphatic heterocycles. The van der Waals surface area contributed by atoms with Crippen LogP contribution in [0.5, 0.6) is 0 Å². The van der Waals surface area contributed by atoms with Crippen LogP contribution in [0.25, 0.3) is 0 Å². The van der Waals surface area contributed by atoms with Crippen LogP contribution >= 0.6 is 0 Å². The van der Waals surface area contributed by atoms with Crippen LogP contribution in [0.1, 0.15) is 32.1 Å². The van der Waals surface area contributed by atoms with Gasteiger partial charge in [-0.25, -0.2) is 5.01 Å². The van der Waals surface area contributed by atoms with Crippen molar-refractivity contribution in [1.29, 1.82) is 0 Å². The first-order valence-electron chi connectivity index (χ1n) is 8.17. The first-order chi connectivity index (χ1) is 11.9. The Kier molecular flexibility index (Phi) is 6.07. The molecule has 2 aliphatic rings. The summed E-state index contributed by atoms with van der Waals surface area (Å²) in [6, 6.07) is -2.71. The molecular formula is C15H22N4O6. The minimum absolute atomic E-state index is 0.193. The van der Waals surface area contributed by atoms with Crippen molar-refractivity contribution in [3.8, 4) is 0 Å². The van der Waals surface area contributed by atoms with Gasteiger partial charge in [-0.3, -0.25) is 24.2 Å². The Balaban J connectivity index is 2.21. The molecule has 2 saturated heterocycles. The second-order valence-electron chi connectivity index (χ2n) is 6.09. The first kappa shape index (κ1) is 18.8. The quantitative estimate of drug-likeness (QED) is 0.482. The first-order valence-corrected chi connectivity index (χ1v) is 8.17. The number of aldehydes is 1. The van der Waals surface area contributed by atoms with Gasteiger partial charge < -0.3 is 20.5 Å². The third-order valence-corrected chi connectivity index (χ3v) is 4.40. The molecule has 3 atom stereocenters. The number of fused-ring (bicyclic) bond motifs is 1. The molecule has 2 rings (SSSR count). The summed E-state index contributed by atoms with van der Waals surface area (Å²) >= 11 is 0. The van der Waals surface area contributed by atoms with Gasteiger partial charge in [-0.15, -0.1) is 0 Å². The third-order valence-electron chi connectivity index (χ3n) is 4.40. The highest BCUT2D eigenvalue weighted by Gasteiger charge is 2.44. The van der Waals surface area contributed by atoms with E-state index in [2.05, 4.69) is 10.6 Å². The summed E-state index contributed by atoms with van der Waals surface area (Å²) in [7, 11) is 1.61. The lowest BCUT2D eigenvalue weighted by Gasteiger charge is -2.43. The number of aliphatic carboxylic acids is 1. The molecule has 10 nitrogen and oxygen atoms in total. The molecule has 0 saturated carbocycles. The standard InChI is InChI=1S/C15H22N4O6/c1-16-10-4-5-12(21)18-6-2-3-11(19(18)15(10)25)14(24)17-9(8-20)7-13(22)23/h8-11,16H,2-7H2,1H3,(H,17,24)(H,22,23)/t9-,10?,11-/m0/s1. The Morgan fingerprint density at radius 1 is 1.36 bits per heavy atom. The fourth-order valence-corrected chi connectivity index (χ4v) is 3.14. The largest absolute Gasteiger partial charge is 0.481 e. The molecular weight excluding hydrogens is 332 g/mol. The molecule has 25 heavy (non-hydrogen) atoms. The average molecular weight is 354 g/mol. The molecule has 2 heterocycles. The lowest BCUT2D eigenvalue weighted by Crippen LogP contribution is -2.64. The minimum atomic E-state index is -1.22. The van der Waals surface area contributed by atoms with Crippen molar-refractivity contribution >= 4 is 30.0 Å². The topological polar surface area (TPSA) is 136 Å². The lowest BCUT2D eigenvalue weighted by molar-refractivity contribution is -0.176. The van der Waals surface area contributed by atoms with Gasteiger partial charge in [0.25, 0.3) is 5.91 Å². The van der Waals surface area contributed by atoms with Crippen molar-refractivity contribution in [1.82, 2.24) is 20.7 Å². The zero-order valence-corrected chi connectivity index (χ0v) is 13.9. The fourth-order valence-electron chi connectivity index (χ4n) is 3.14. The van der Waals surface area contributed by atoms with Crippen LogP contribution in [0.2, 0.25) is 0 Å². The summed E-state index contributed by atoms with van der Waals surface area (Å²) in [5.41, 5.74) is 0. The van der Waals surface area contributed by atoms with Crippen LogP contribution in [0.4, 0.5) is 0 Å². The van der Waals surface area contributed by atoms with E-state index in [0.29, 0.717) is 32.1 Å². The zero-order valence-electron chi connectivity index (χ0n) is 13.9. The van der Waals surface area contributed by atoms with Gasteiger partial charge >= 0.3 is 5.97 Å². The van der Waals surface area contributed by atoms with E-state index in [9.17, 15) is 24.0 Å². The number of hydrazine groups is 1. The SMILES string of the molecule is CNC1CCC(=O)N2CCC[C@@H](C(=O)N[C@H](C=O)CC(=O)O)N2C1=O. The van der Waals surface area contributed by atoms with Gasteiger partial charge in [-0.2, -0.15) is 0 Å². The van der Waals surface area contributed by atoms with E-state index in [1.165, 1.54) is 5.01 Å². The van der Waals surface area contributed by atoms with Gasteiger partial charge in [-0.05, 0) is 26.3 Å². The van der Waals surface area contributed by atoms with Gasteiger partial charge in [0, 0.05) is 13.0 Å². The molecule has 0 aromatic rings. The van der Waals surface area contributed by atoms with E-state index in [1.54, 1.807) is 7.05 Å². The van der Waals surface area contributed by atoms with Crippen LogP contribution in [0.15, 0.2) is 0 Å². The maximum atomic E-state index is 12.7. The van der Waals surface area contributed by atoms with Crippen LogP contribution in [0, 0.1) is 0 Å². The number of carboxylic acid groups (broad SMARTS) is 1. The van der Waals surface area contributed by atoms with Crippen LogP contribution in [0.3, 0.4) is 0 Å². The molecule has 1 unspecified atom stereocenters. The smallest absolute Gasteiger partial charge is 0.305 e. The molecule has 2 fully saturated rings. The number of carboxylic acids is 1. The van der Waals surface area contributed by atoms with Crippen molar-refractivity contribution in [2.75, 3.05) is 13.6 Å². The number of amides is 3. The van der Waals surface area contributed by atoms with Gasteiger partial charge in [0.15, 0.2) is 0 Å². The number of carbonyl (C=O) groups excluding carboxylic acids is 4. The highest BCUT2D eigenvalue weighted by atomic mass is 16.4. The van der Waals surface area contributed by atoms with Crippen LogP contribution in [-0.2, 0) is 24.0 Å². The molecule has 0 aromatic carbocycles. The Morgan fingerprint density at radius 2 is 2.08 bits per heavy atom. The molecule has 0 aromatic heterocycles. The van der Waals surface area contributed by atoms with Crippen molar-refractivity contribution in [3.63, 3.8) is 0 Å². The number of hydrogen-bond acceptors (Lipinski definition) is 6. The Hall–Kier alpha value is -2.49. The summed E-state index contributed by atoms with van der Waals surface area (Å²) in [6.07, 6.45) is 1.19. The minimum Gasteiger partial charge on any atom is -0.481 e. The summed E-state index contributed by atoms with van der Waals surface area (Å²) in [6.45, 7) is 0.344. The lowest BCUT2D eigenvalue weighted by atomic mass is 10.1. The van der Waals surface area contributed by atoms with E-state index in [1.807, 2.05) is 0 Å². The molecule has 0 spiro atoms. The number of nitrogens with zero attached hydrogens (tertiary/aromatic N) is 2. The summed E-state index contributed by atoms with van der Waals surface area (Å²) in [4.78, 5) is 59.3. The van der Waals surface area contributed by atoms with Crippen LogP contribution < -0.4 is 10.6 Å². The Morgan fingerprint density at radius 3 is 2.68 bits per heavy atom. The second-order valence-corrected chi connectivity index (χ2v) is 6.09. The molecule has 0 aliphatic carbocycles. The highest BCUT2D eigenvalue weighted by molar-refractivity contribution is 5.94. The number of hydrogen-bond donors (Lipinski definition) is 3. The molecule has 0 radical (unpaired) electrons. The molecule has 0 bridgehead atoms. The van der Waals surface area contributed by atoms with E-state index >= 15 is 0 Å². The maximum absolute atomic E-state index is 12.7. The summed E-state index contributed by atoms with van der Waals surface area (Å²) < 4.78 is 0. The zero-order chi connectivity index (χ0) is 18.6. The van der Waals surface area contributed by atoms with Crippen molar-refractivity contribution in [2.24, 2.45) is 0 Å². The van der Waals surface area contributed by atoms with E-state index in [4.69, 9.17) is 5.11 Å². The monoisotopic (exact) mass is 354 g/mol. The van der Waals surface area contributed by atoms with Gasteiger partial charge in [0.2, 0.25) is 11.8 Å². The van der Waals surface area contributed by atoms with E-state index in [-0.39, 0.29) is 18.2 Å². The maximum Gasteiger partial charge on any atom is 0.305 e. The molecule has 3 N–H and O–H groups in total. The van der Waals surface area contributed by atoms with Crippen LogP contribution in [-0.4, -0.2) is 76.8 Å². The van der Waals surface area contributed by atoms with Gasteiger partial charge in [-0.1, -0.05) is 0 Å². The Bertz CT molecular complexity index is 580. The van der Waals surface area contributed by atoms with Crippen molar-refractivity contribution < 1.29 is 29.1 Å². The van der Waals surface area contributed by atoms with E-state index in [0.717, 1.165) is 5.01 Å². The summed E-state index contributed by atoms with van der Waals surface area (Å²) in [5.74, 6) is -2.48. The highest BCUT2D eigenvalue weighted by Crippen LogP contribution is 2.24. The van der Waals surface area contributed by atoms with Gasteiger partial charge in [0.1, 0.15) is 12.3 Å². The van der Waals surface area contributed by atoms with Crippen molar-refractivity contribution in [2.45, 2.75) is 50.2 Å². The van der Waals surface area contributed by atoms with E-state index < -0.39 is 36.4 Å². The number of nitrogens with one attached hydrogen (secondary N) is 2. The fraction of sp³-hybridized carbons (Fsp3) is 0.667. The van der Waals surface area contributed by atoms with Gasteiger partial charge in [0.05, 0.1) is 18.5 Å². The molecule has 138 valence electrons. The molecule has 3 amide bonds.